The lowest BCUT2D eigenvalue weighted by Gasteiger charge is -2.15. The summed E-state index contributed by atoms with van der Waals surface area (Å²) in [6, 6.07) is 4.35. The Labute approximate surface area is 99.2 Å². The molecule has 1 aliphatic heterocycles. The average Bonchev–Trinajstić information content (AvgIpc) is 2.67. The summed E-state index contributed by atoms with van der Waals surface area (Å²) in [5.74, 6) is -0.0752. The molecule has 1 saturated heterocycles. The van der Waals surface area contributed by atoms with Gasteiger partial charge in [0.1, 0.15) is 0 Å². The fraction of sp³-hybridized carbons (Fsp3) is 0.500. The highest BCUT2D eigenvalue weighted by Crippen LogP contribution is 2.23. The standard InChI is InChI=1S/C12H15FN2O2/c1-9-5-6-14(7-9)8-10-3-2-4-11(12(10)13)15(16)17/h2-4,9H,5-8H2,1H3. The lowest BCUT2D eigenvalue weighted by atomic mass is 10.1. The Kier molecular flexibility index (Phi) is 3.38. The summed E-state index contributed by atoms with van der Waals surface area (Å²) in [7, 11) is 0. The van der Waals surface area contributed by atoms with E-state index in [0.717, 1.165) is 19.5 Å². The number of nitro groups is 1. The van der Waals surface area contributed by atoms with Crippen molar-refractivity contribution in [3.8, 4) is 0 Å². The number of hydrogen-bond acceptors (Lipinski definition) is 3. The van der Waals surface area contributed by atoms with E-state index < -0.39 is 16.4 Å². The molecule has 1 aromatic carbocycles. The molecule has 0 aliphatic carbocycles. The second-order valence-electron chi connectivity index (χ2n) is 4.64. The van der Waals surface area contributed by atoms with Crippen molar-refractivity contribution < 1.29 is 9.31 Å². The first-order valence-electron chi connectivity index (χ1n) is 5.72. The Hall–Kier alpha value is -1.49. The molecule has 0 N–H and O–H groups in total. The molecule has 1 unspecified atom stereocenters. The van der Waals surface area contributed by atoms with Crippen LogP contribution in [0.4, 0.5) is 10.1 Å². The lowest BCUT2D eigenvalue weighted by molar-refractivity contribution is -0.387. The van der Waals surface area contributed by atoms with Crippen LogP contribution in [0.15, 0.2) is 18.2 Å². The molecule has 0 amide bonds. The fourth-order valence-corrected chi connectivity index (χ4v) is 2.24. The molecule has 5 heteroatoms. The van der Waals surface area contributed by atoms with Crippen LogP contribution in [0.3, 0.4) is 0 Å². The normalized spacial score (nSPS) is 20.7. The fourth-order valence-electron chi connectivity index (χ4n) is 2.24. The molecule has 1 aliphatic rings. The number of hydrogen-bond donors (Lipinski definition) is 0. The zero-order valence-electron chi connectivity index (χ0n) is 9.73. The Morgan fingerprint density at radius 2 is 2.35 bits per heavy atom. The number of likely N-dealkylation sites (tertiary alicyclic amines) is 1. The van der Waals surface area contributed by atoms with Crippen LogP contribution in [0.25, 0.3) is 0 Å². The average molecular weight is 238 g/mol. The summed E-state index contributed by atoms with van der Waals surface area (Å²) in [6.45, 7) is 4.48. The molecule has 0 spiro atoms. The molecular formula is C12H15FN2O2. The van der Waals surface area contributed by atoms with E-state index in [-0.39, 0.29) is 0 Å². The van der Waals surface area contributed by atoms with Crippen molar-refractivity contribution in [2.45, 2.75) is 19.9 Å². The third-order valence-electron chi connectivity index (χ3n) is 3.16. The van der Waals surface area contributed by atoms with Gasteiger partial charge in [-0.1, -0.05) is 19.1 Å². The van der Waals surface area contributed by atoms with E-state index in [2.05, 4.69) is 11.8 Å². The van der Waals surface area contributed by atoms with Gasteiger partial charge in [-0.15, -0.1) is 0 Å². The Morgan fingerprint density at radius 3 is 2.94 bits per heavy atom. The van der Waals surface area contributed by atoms with E-state index in [1.165, 1.54) is 12.1 Å². The van der Waals surface area contributed by atoms with Crippen LogP contribution in [-0.4, -0.2) is 22.9 Å². The summed E-state index contributed by atoms with van der Waals surface area (Å²) in [6.07, 6.45) is 1.11. The lowest BCUT2D eigenvalue weighted by Crippen LogP contribution is -2.20. The molecule has 1 atom stereocenters. The quantitative estimate of drug-likeness (QED) is 0.600. The maximum atomic E-state index is 13.8. The smallest absolute Gasteiger partial charge is 0.299 e. The van der Waals surface area contributed by atoms with Gasteiger partial charge in [-0.2, -0.15) is 4.39 Å². The Balaban J connectivity index is 2.16. The van der Waals surface area contributed by atoms with Crippen molar-refractivity contribution in [2.75, 3.05) is 13.1 Å². The minimum Gasteiger partial charge on any atom is -0.299 e. The van der Waals surface area contributed by atoms with Crippen LogP contribution in [0.2, 0.25) is 0 Å². The van der Waals surface area contributed by atoms with Crippen LogP contribution in [0, 0.1) is 21.8 Å². The number of nitro benzene ring substituents is 1. The molecule has 1 aromatic rings. The van der Waals surface area contributed by atoms with Gasteiger partial charge in [0.2, 0.25) is 5.82 Å². The maximum absolute atomic E-state index is 13.8. The third-order valence-corrected chi connectivity index (χ3v) is 3.16. The van der Waals surface area contributed by atoms with Crippen LogP contribution in [-0.2, 0) is 6.54 Å². The van der Waals surface area contributed by atoms with Gasteiger partial charge in [0.05, 0.1) is 4.92 Å². The molecule has 0 saturated carbocycles. The third kappa shape index (κ3) is 2.61. The molecular weight excluding hydrogens is 223 g/mol. The Morgan fingerprint density at radius 1 is 1.59 bits per heavy atom. The minimum atomic E-state index is -0.697. The van der Waals surface area contributed by atoms with E-state index in [1.807, 2.05) is 0 Å². The summed E-state index contributed by atoms with van der Waals surface area (Å²) in [5.41, 5.74) is -0.0250. The van der Waals surface area contributed by atoms with E-state index >= 15 is 0 Å². The van der Waals surface area contributed by atoms with Gasteiger partial charge in [-0.25, -0.2) is 0 Å². The van der Waals surface area contributed by atoms with Gasteiger partial charge in [0.25, 0.3) is 0 Å². The second-order valence-corrected chi connectivity index (χ2v) is 4.64. The van der Waals surface area contributed by atoms with Crippen molar-refractivity contribution in [1.82, 2.24) is 4.90 Å². The molecule has 4 nitrogen and oxygen atoms in total. The van der Waals surface area contributed by atoms with E-state index in [4.69, 9.17) is 0 Å². The number of rotatable bonds is 3. The highest BCUT2D eigenvalue weighted by atomic mass is 19.1. The first kappa shape index (κ1) is 12.0. The first-order chi connectivity index (χ1) is 8.08. The van der Waals surface area contributed by atoms with E-state index in [1.54, 1.807) is 6.07 Å². The van der Waals surface area contributed by atoms with E-state index in [9.17, 15) is 14.5 Å². The number of benzene rings is 1. The highest BCUT2D eigenvalue weighted by molar-refractivity contribution is 5.36. The van der Waals surface area contributed by atoms with Gasteiger partial charge < -0.3 is 0 Å². The minimum absolute atomic E-state index is 0.410. The molecule has 2 rings (SSSR count). The number of nitrogens with zero attached hydrogens (tertiary/aromatic N) is 2. The predicted molar refractivity (Wildman–Crippen MR) is 62.1 cm³/mol. The van der Waals surface area contributed by atoms with Crippen LogP contribution < -0.4 is 0 Å². The zero-order valence-corrected chi connectivity index (χ0v) is 9.73. The SMILES string of the molecule is CC1CCN(Cc2cccc([N+](=O)[O-])c2F)C1. The van der Waals surface area contributed by atoms with E-state index in [0.29, 0.717) is 18.0 Å². The summed E-state index contributed by atoms with van der Waals surface area (Å²) in [5, 5.41) is 10.6. The number of halogens is 1. The zero-order chi connectivity index (χ0) is 12.4. The van der Waals surface area contributed by atoms with Crippen molar-refractivity contribution in [2.24, 2.45) is 5.92 Å². The first-order valence-corrected chi connectivity index (χ1v) is 5.72. The van der Waals surface area contributed by atoms with Crippen LogP contribution in [0.5, 0.6) is 0 Å². The molecule has 92 valence electrons. The van der Waals surface area contributed by atoms with Crippen LogP contribution in [0.1, 0.15) is 18.9 Å². The molecule has 0 radical (unpaired) electrons. The van der Waals surface area contributed by atoms with Crippen molar-refractivity contribution in [3.63, 3.8) is 0 Å². The van der Waals surface area contributed by atoms with Gasteiger partial charge in [0.15, 0.2) is 0 Å². The van der Waals surface area contributed by atoms with Gasteiger partial charge in [-0.3, -0.25) is 15.0 Å². The Bertz CT molecular complexity index is 437. The van der Waals surface area contributed by atoms with Gasteiger partial charge in [-0.05, 0) is 18.9 Å². The topological polar surface area (TPSA) is 46.4 Å². The summed E-state index contributed by atoms with van der Waals surface area (Å²) < 4.78 is 13.8. The van der Waals surface area contributed by atoms with Crippen molar-refractivity contribution >= 4 is 5.69 Å². The maximum Gasteiger partial charge on any atom is 0.305 e. The second kappa shape index (κ2) is 4.79. The molecule has 0 bridgehead atoms. The molecule has 1 heterocycles. The largest absolute Gasteiger partial charge is 0.305 e. The van der Waals surface area contributed by atoms with Crippen molar-refractivity contribution in [3.05, 3.63) is 39.7 Å². The molecule has 0 aromatic heterocycles. The predicted octanol–water partition coefficient (Wildman–Crippen LogP) is 2.58. The van der Waals surface area contributed by atoms with Crippen molar-refractivity contribution in [1.29, 1.82) is 0 Å². The summed E-state index contributed by atoms with van der Waals surface area (Å²) >= 11 is 0. The highest BCUT2D eigenvalue weighted by Gasteiger charge is 2.22. The van der Waals surface area contributed by atoms with Crippen LogP contribution >= 0.6 is 0 Å². The summed E-state index contributed by atoms with van der Waals surface area (Å²) in [4.78, 5) is 12.1. The molecule has 17 heavy (non-hydrogen) atoms. The van der Waals surface area contributed by atoms with Gasteiger partial charge in [0, 0.05) is 24.7 Å². The van der Waals surface area contributed by atoms with Gasteiger partial charge >= 0.3 is 5.69 Å². The molecule has 1 fully saturated rings. The monoisotopic (exact) mass is 238 g/mol.